The molecule has 1 aromatic heterocycles. The Balaban J connectivity index is 3.05. The molecule has 3 nitrogen and oxygen atoms in total. The van der Waals surface area contributed by atoms with Crippen LogP contribution in [0.15, 0.2) is 19.6 Å². The smallest absolute Gasteiger partial charge is 0.170 e. The standard InChI is InChI=1S/C6H4Br2N2O/c7-3-1-5(8)11-6(3)4(10)2-9/h1,4H,10H2. The van der Waals surface area contributed by atoms with Gasteiger partial charge in [-0.3, -0.25) is 0 Å². The highest BCUT2D eigenvalue weighted by Crippen LogP contribution is 2.28. The van der Waals surface area contributed by atoms with E-state index in [0.29, 0.717) is 14.9 Å². The predicted octanol–water partition coefficient (Wildman–Crippen LogP) is 2.33. The van der Waals surface area contributed by atoms with E-state index < -0.39 is 6.04 Å². The zero-order valence-electron chi connectivity index (χ0n) is 5.34. The first kappa shape index (κ1) is 8.78. The van der Waals surface area contributed by atoms with Gasteiger partial charge in [-0.25, -0.2) is 0 Å². The Kier molecular flexibility index (Phi) is 2.71. The van der Waals surface area contributed by atoms with Crippen molar-refractivity contribution in [3.63, 3.8) is 0 Å². The number of hydrogen-bond acceptors (Lipinski definition) is 3. The third-order valence-electron chi connectivity index (χ3n) is 1.10. The van der Waals surface area contributed by atoms with Crippen LogP contribution in [0.1, 0.15) is 11.8 Å². The molecule has 0 spiro atoms. The fraction of sp³-hybridized carbons (Fsp3) is 0.167. The van der Waals surface area contributed by atoms with Crippen LogP contribution in [0.5, 0.6) is 0 Å². The molecule has 2 N–H and O–H groups in total. The molecule has 1 rings (SSSR count). The lowest BCUT2D eigenvalue weighted by atomic mass is 10.3. The zero-order chi connectivity index (χ0) is 8.43. The summed E-state index contributed by atoms with van der Waals surface area (Å²) in [6, 6.07) is 2.86. The van der Waals surface area contributed by atoms with Crippen LogP contribution in [0.3, 0.4) is 0 Å². The molecule has 0 bridgehead atoms. The molecule has 0 aliphatic rings. The minimum Gasteiger partial charge on any atom is -0.450 e. The molecule has 0 amide bonds. The van der Waals surface area contributed by atoms with Crippen molar-refractivity contribution in [1.29, 1.82) is 5.26 Å². The van der Waals surface area contributed by atoms with E-state index in [0.717, 1.165) is 0 Å². The molecule has 1 aromatic rings. The van der Waals surface area contributed by atoms with Crippen LogP contribution in [0.4, 0.5) is 0 Å². The molecule has 1 heterocycles. The quantitative estimate of drug-likeness (QED) is 0.858. The van der Waals surface area contributed by atoms with Gasteiger partial charge in [0.25, 0.3) is 0 Å². The molecule has 0 aromatic carbocycles. The van der Waals surface area contributed by atoms with Gasteiger partial charge < -0.3 is 10.2 Å². The maximum atomic E-state index is 8.45. The van der Waals surface area contributed by atoms with Crippen molar-refractivity contribution in [3.05, 3.63) is 21.0 Å². The SMILES string of the molecule is N#CC(N)c1oc(Br)cc1Br. The number of furan rings is 1. The molecule has 58 valence electrons. The van der Waals surface area contributed by atoms with Crippen LogP contribution < -0.4 is 5.73 Å². The monoisotopic (exact) mass is 278 g/mol. The fourth-order valence-electron chi connectivity index (χ4n) is 0.625. The molecular formula is C6H4Br2N2O. The van der Waals surface area contributed by atoms with Crippen molar-refractivity contribution in [2.45, 2.75) is 6.04 Å². The van der Waals surface area contributed by atoms with Crippen LogP contribution in [-0.4, -0.2) is 0 Å². The summed E-state index contributed by atoms with van der Waals surface area (Å²) in [6.45, 7) is 0. The highest BCUT2D eigenvalue weighted by atomic mass is 79.9. The lowest BCUT2D eigenvalue weighted by Crippen LogP contribution is -2.06. The molecule has 0 aliphatic heterocycles. The summed E-state index contributed by atoms with van der Waals surface area (Å²) in [6.07, 6.45) is 0. The summed E-state index contributed by atoms with van der Waals surface area (Å²) < 4.78 is 6.36. The maximum Gasteiger partial charge on any atom is 0.170 e. The van der Waals surface area contributed by atoms with Gasteiger partial charge in [0.05, 0.1) is 10.5 Å². The third-order valence-corrected chi connectivity index (χ3v) is 2.12. The first-order valence-electron chi connectivity index (χ1n) is 2.75. The Morgan fingerprint density at radius 3 is 2.64 bits per heavy atom. The van der Waals surface area contributed by atoms with Crippen molar-refractivity contribution in [2.75, 3.05) is 0 Å². The summed E-state index contributed by atoms with van der Waals surface area (Å²) >= 11 is 6.32. The van der Waals surface area contributed by atoms with Crippen molar-refractivity contribution >= 4 is 31.9 Å². The molecule has 0 saturated heterocycles. The molecule has 0 aliphatic carbocycles. The van der Waals surface area contributed by atoms with Gasteiger partial charge in [0.2, 0.25) is 0 Å². The van der Waals surface area contributed by atoms with Gasteiger partial charge in [0.1, 0.15) is 0 Å². The topological polar surface area (TPSA) is 63.0 Å². The lowest BCUT2D eigenvalue weighted by Gasteiger charge is -1.96. The van der Waals surface area contributed by atoms with E-state index in [9.17, 15) is 0 Å². The van der Waals surface area contributed by atoms with E-state index in [2.05, 4.69) is 31.9 Å². The van der Waals surface area contributed by atoms with E-state index in [1.54, 1.807) is 6.07 Å². The average molecular weight is 280 g/mol. The van der Waals surface area contributed by atoms with E-state index in [-0.39, 0.29) is 0 Å². The van der Waals surface area contributed by atoms with Crippen LogP contribution in [0.2, 0.25) is 0 Å². The van der Waals surface area contributed by atoms with E-state index in [1.807, 2.05) is 6.07 Å². The molecule has 5 heteroatoms. The molecule has 0 saturated carbocycles. The number of halogens is 2. The second kappa shape index (κ2) is 3.39. The number of nitriles is 1. The third kappa shape index (κ3) is 1.83. The second-order valence-electron chi connectivity index (χ2n) is 1.87. The van der Waals surface area contributed by atoms with Crippen LogP contribution in [0.25, 0.3) is 0 Å². The average Bonchev–Trinajstić information content (AvgIpc) is 2.28. The van der Waals surface area contributed by atoms with Gasteiger partial charge in [-0.05, 0) is 31.9 Å². The van der Waals surface area contributed by atoms with Gasteiger partial charge in [-0.2, -0.15) is 5.26 Å². The van der Waals surface area contributed by atoms with E-state index >= 15 is 0 Å². The van der Waals surface area contributed by atoms with Crippen molar-refractivity contribution < 1.29 is 4.42 Å². The Hall–Kier alpha value is -0.310. The molecule has 11 heavy (non-hydrogen) atoms. The zero-order valence-corrected chi connectivity index (χ0v) is 8.52. The number of nitrogens with two attached hydrogens (primary N) is 1. The Morgan fingerprint density at radius 1 is 1.64 bits per heavy atom. The van der Waals surface area contributed by atoms with Gasteiger partial charge in [-0.15, -0.1) is 0 Å². The Labute approximate surface area is 80.4 Å². The first-order valence-corrected chi connectivity index (χ1v) is 4.33. The molecule has 0 radical (unpaired) electrons. The highest BCUT2D eigenvalue weighted by molar-refractivity contribution is 9.11. The normalized spacial score (nSPS) is 12.5. The van der Waals surface area contributed by atoms with Gasteiger partial charge >= 0.3 is 0 Å². The molecule has 1 unspecified atom stereocenters. The van der Waals surface area contributed by atoms with Crippen molar-refractivity contribution in [2.24, 2.45) is 5.73 Å². The van der Waals surface area contributed by atoms with Crippen LogP contribution >= 0.6 is 31.9 Å². The largest absolute Gasteiger partial charge is 0.450 e. The summed E-state index contributed by atoms with van der Waals surface area (Å²) in [4.78, 5) is 0. The minimum atomic E-state index is -0.712. The fourth-order valence-corrected chi connectivity index (χ4v) is 1.87. The van der Waals surface area contributed by atoms with Gasteiger partial charge in [0.15, 0.2) is 16.5 Å². The summed E-state index contributed by atoms with van der Waals surface area (Å²) in [5.41, 5.74) is 5.40. The van der Waals surface area contributed by atoms with Crippen LogP contribution in [0, 0.1) is 11.3 Å². The van der Waals surface area contributed by atoms with Crippen LogP contribution in [-0.2, 0) is 0 Å². The van der Waals surface area contributed by atoms with Gasteiger partial charge in [-0.1, -0.05) is 0 Å². The summed E-state index contributed by atoms with van der Waals surface area (Å²) in [5.74, 6) is 0.444. The minimum absolute atomic E-state index is 0.444. The van der Waals surface area contributed by atoms with Crippen molar-refractivity contribution in [1.82, 2.24) is 0 Å². The number of hydrogen-bond donors (Lipinski definition) is 1. The van der Waals surface area contributed by atoms with Crippen molar-refractivity contribution in [3.8, 4) is 6.07 Å². The Bertz CT molecular complexity index is 302. The van der Waals surface area contributed by atoms with Gasteiger partial charge in [0, 0.05) is 6.07 Å². The number of nitrogens with zero attached hydrogens (tertiary/aromatic N) is 1. The predicted molar refractivity (Wildman–Crippen MR) is 46.6 cm³/mol. The molecule has 0 fully saturated rings. The lowest BCUT2D eigenvalue weighted by molar-refractivity contribution is 0.474. The molecular weight excluding hydrogens is 276 g/mol. The summed E-state index contributed by atoms with van der Waals surface area (Å²) in [5, 5.41) is 8.45. The highest BCUT2D eigenvalue weighted by Gasteiger charge is 2.14. The van der Waals surface area contributed by atoms with E-state index in [4.69, 9.17) is 15.4 Å². The first-order chi connectivity index (χ1) is 5.15. The second-order valence-corrected chi connectivity index (χ2v) is 3.51. The Morgan fingerprint density at radius 2 is 2.27 bits per heavy atom. The number of rotatable bonds is 1. The molecule has 1 atom stereocenters. The van der Waals surface area contributed by atoms with E-state index in [1.165, 1.54) is 0 Å². The summed E-state index contributed by atoms with van der Waals surface area (Å²) in [7, 11) is 0. The maximum absolute atomic E-state index is 8.45.